The number of benzene rings is 1. The molecule has 84 valence electrons. The van der Waals surface area contributed by atoms with Crippen LogP contribution in [-0.2, 0) is 0 Å². The van der Waals surface area contributed by atoms with E-state index >= 15 is 0 Å². The maximum atomic E-state index is 5.66. The maximum absolute atomic E-state index is 5.66. The summed E-state index contributed by atoms with van der Waals surface area (Å²) >= 11 is 3.53. The van der Waals surface area contributed by atoms with Crippen LogP contribution in [-0.4, -0.2) is 6.54 Å². The molecule has 0 radical (unpaired) electrons. The van der Waals surface area contributed by atoms with E-state index in [1.54, 1.807) is 0 Å². The molecule has 0 saturated carbocycles. The predicted molar refractivity (Wildman–Crippen MR) is 70.1 cm³/mol. The van der Waals surface area contributed by atoms with E-state index in [2.05, 4.69) is 54.9 Å². The van der Waals surface area contributed by atoms with E-state index in [0.29, 0.717) is 11.8 Å². The third kappa shape index (κ3) is 3.32. The molecule has 1 atom stereocenters. The first-order valence-electron chi connectivity index (χ1n) is 5.52. The number of hydrogen-bond donors (Lipinski definition) is 1. The highest BCUT2D eigenvalue weighted by Crippen LogP contribution is 2.29. The average molecular weight is 270 g/mol. The van der Waals surface area contributed by atoms with Gasteiger partial charge in [0.15, 0.2) is 0 Å². The lowest BCUT2D eigenvalue weighted by atomic mass is 9.85. The first kappa shape index (κ1) is 12.7. The van der Waals surface area contributed by atoms with Crippen molar-refractivity contribution < 1.29 is 0 Å². The minimum absolute atomic E-state index is 0.585. The molecule has 0 saturated heterocycles. The molecule has 2 heteroatoms. The molecule has 1 aromatic carbocycles. The topological polar surface area (TPSA) is 26.0 Å². The fourth-order valence-electron chi connectivity index (χ4n) is 1.96. The van der Waals surface area contributed by atoms with Gasteiger partial charge in [-0.05, 0) is 48.9 Å². The molecule has 1 rings (SSSR count). The first-order chi connectivity index (χ1) is 7.06. The normalized spacial score (nSPS) is 13.2. The van der Waals surface area contributed by atoms with Crippen molar-refractivity contribution in [2.45, 2.75) is 33.1 Å². The molecule has 0 spiro atoms. The minimum atomic E-state index is 0.585. The van der Waals surface area contributed by atoms with E-state index in [4.69, 9.17) is 5.73 Å². The molecule has 0 fully saturated rings. The van der Waals surface area contributed by atoms with Crippen LogP contribution >= 0.6 is 15.9 Å². The molecule has 0 bridgehead atoms. The highest BCUT2D eigenvalue weighted by molar-refractivity contribution is 9.10. The highest BCUT2D eigenvalue weighted by atomic mass is 79.9. The molecule has 0 aromatic heterocycles. The largest absolute Gasteiger partial charge is 0.330 e. The van der Waals surface area contributed by atoms with E-state index in [9.17, 15) is 0 Å². The Morgan fingerprint density at radius 3 is 2.47 bits per heavy atom. The van der Waals surface area contributed by atoms with Crippen molar-refractivity contribution in [1.82, 2.24) is 0 Å². The second kappa shape index (κ2) is 5.66. The van der Waals surface area contributed by atoms with Crippen molar-refractivity contribution in [3.8, 4) is 0 Å². The summed E-state index contributed by atoms with van der Waals surface area (Å²) in [6.45, 7) is 7.42. The Hall–Kier alpha value is -0.340. The van der Waals surface area contributed by atoms with Gasteiger partial charge in [0.05, 0.1) is 0 Å². The van der Waals surface area contributed by atoms with Crippen molar-refractivity contribution >= 4 is 15.9 Å². The van der Waals surface area contributed by atoms with Gasteiger partial charge in [0, 0.05) is 4.47 Å². The molecular weight excluding hydrogens is 250 g/mol. The molecule has 15 heavy (non-hydrogen) atoms. The predicted octanol–water partition coefficient (Wildman–Crippen LogP) is 3.85. The number of halogens is 1. The zero-order chi connectivity index (χ0) is 11.4. The Kier molecular flexibility index (Phi) is 4.81. The van der Waals surface area contributed by atoms with Gasteiger partial charge in [-0.15, -0.1) is 0 Å². The first-order valence-corrected chi connectivity index (χ1v) is 6.31. The maximum Gasteiger partial charge on any atom is 0.0204 e. The van der Waals surface area contributed by atoms with Crippen LogP contribution in [0.15, 0.2) is 22.7 Å². The van der Waals surface area contributed by atoms with Gasteiger partial charge in [-0.1, -0.05) is 41.9 Å². The molecule has 0 aliphatic carbocycles. The van der Waals surface area contributed by atoms with Crippen molar-refractivity contribution in [1.29, 1.82) is 0 Å². The van der Waals surface area contributed by atoms with Crippen LogP contribution in [0.5, 0.6) is 0 Å². The van der Waals surface area contributed by atoms with Crippen molar-refractivity contribution in [3.05, 3.63) is 33.8 Å². The number of aryl methyl sites for hydroxylation is 1. The highest BCUT2D eigenvalue weighted by Gasteiger charge is 2.15. The lowest BCUT2D eigenvalue weighted by Gasteiger charge is -2.21. The van der Waals surface area contributed by atoms with Gasteiger partial charge >= 0.3 is 0 Å². The summed E-state index contributed by atoms with van der Waals surface area (Å²) in [5, 5.41) is 0. The van der Waals surface area contributed by atoms with Crippen LogP contribution in [0.3, 0.4) is 0 Å². The van der Waals surface area contributed by atoms with Gasteiger partial charge in [-0.25, -0.2) is 0 Å². The van der Waals surface area contributed by atoms with Crippen molar-refractivity contribution in [2.24, 2.45) is 11.7 Å². The number of nitrogens with two attached hydrogens (primary N) is 1. The lowest BCUT2D eigenvalue weighted by Crippen LogP contribution is -2.12. The van der Waals surface area contributed by atoms with Crippen LogP contribution in [0.1, 0.15) is 37.3 Å². The summed E-state index contributed by atoms with van der Waals surface area (Å²) in [6, 6.07) is 6.61. The van der Waals surface area contributed by atoms with Crippen LogP contribution in [0, 0.1) is 12.8 Å². The molecule has 1 aromatic rings. The molecule has 0 heterocycles. The Balaban J connectivity index is 2.95. The van der Waals surface area contributed by atoms with Crippen molar-refractivity contribution in [3.63, 3.8) is 0 Å². The SMILES string of the molecule is Cc1cc(C(CCN)C(C)C)ccc1Br. The summed E-state index contributed by atoms with van der Waals surface area (Å²) in [4.78, 5) is 0. The standard InChI is InChI=1S/C13H20BrN/c1-9(2)12(6-7-15)11-4-5-13(14)10(3)8-11/h4-5,8-9,12H,6-7,15H2,1-3H3. The second-order valence-electron chi connectivity index (χ2n) is 4.44. The molecule has 0 aliphatic heterocycles. The summed E-state index contributed by atoms with van der Waals surface area (Å²) in [5.74, 6) is 1.23. The van der Waals surface area contributed by atoms with Gasteiger partial charge < -0.3 is 5.73 Å². The van der Waals surface area contributed by atoms with Crippen LogP contribution in [0.25, 0.3) is 0 Å². The minimum Gasteiger partial charge on any atom is -0.330 e. The quantitative estimate of drug-likeness (QED) is 0.883. The van der Waals surface area contributed by atoms with Crippen molar-refractivity contribution in [2.75, 3.05) is 6.54 Å². The zero-order valence-electron chi connectivity index (χ0n) is 9.76. The van der Waals surface area contributed by atoms with E-state index in [1.165, 1.54) is 15.6 Å². The lowest BCUT2D eigenvalue weighted by molar-refractivity contribution is 0.473. The Labute approximate surface area is 101 Å². The third-order valence-corrected chi connectivity index (χ3v) is 3.78. The molecule has 1 nitrogen and oxygen atoms in total. The van der Waals surface area contributed by atoms with Gasteiger partial charge in [0.1, 0.15) is 0 Å². The molecule has 0 aliphatic rings. The van der Waals surface area contributed by atoms with E-state index in [1.807, 2.05) is 0 Å². The van der Waals surface area contributed by atoms with Crippen LogP contribution in [0.2, 0.25) is 0 Å². The summed E-state index contributed by atoms with van der Waals surface area (Å²) in [7, 11) is 0. The van der Waals surface area contributed by atoms with Gasteiger partial charge in [0.25, 0.3) is 0 Å². The molecule has 1 unspecified atom stereocenters. The zero-order valence-corrected chi connectivity index (χ0v) is 11.3. The van der Waals surface area contributed by atoms with Crippen LogP contribution in [0.4, 0.5) is 0 Å². The number of rotatable bonds is 4. The smallest absolute Gasteiger partial charge is 0.0204 e. The van der Waals surface area contributed by atoms with Gasteiger partial charge in [-0.3, -0.25) is 0 Å². The van der Waals surface area contributed by atoms with E-state index in [0.717, 1.165) is 13.0 Å². The monoisotopic (exact) mass is 269 g/mol. The Morgan fingerprint density at radius 1 is 1.33 bits per heavy atom. The summed E-state index contributed by atoms with van der Waals surface area (Å²) in [6.07, 6.45) is 1.07. The number of hydrogen-bond acceptors (Lipinski definition) is 1. The molecule has 0 amide bonds. The molecular formula is C13H20BrN. The van der Waals surface area contributed by atoms with Gasteiger partial charge in [-0.2, -0.15) is 0 Å². The summed E-state index contributed by atoms with van der Waals surface area (Å²) in [5.41, 5.74) is 8.38. The Morgan fingerprint density at radius 2 is 2.00 bits per heavy atom. The van der Waals surface area contributed by atoms with Gasteiger partial charge in [0.2, 0.25) is 0 Å². The molecule has 2 N–H and O–H groups in total. The fraction of sp³-hybridized carbons (Fsp3) is 0.538. The third-order valence-electron chi connectivity index (χ3n) is 2.89. The second-order valence-corrected chi connectivity index (χ2v) is 5.29. The van der Waals surface area contributed by atoms with E-state index in [-0.39, 0.29) is 0 Å². The van der Waals surface area contributed by atoms with Crippen LogP contribution < -0.4 is 5.73 Å². The Bertz CT molecular complexity index is 320. The fourth-order valence-corrected chi connectivity index (χ4v) is 2.21. The van der Waals surface area contributed by atoms with E-state index < -0.39 is 0 Å². The summed E-state index contributed by atoms with van der Waals surface area (Å²) < 4.78 is 1.18. The average Bonchev–Trinajstić information content (AvgIpc) is 2.18.